The van der Waals surface area contributed by atoms with Gasteiger partial charge in [0.25, 0.3) is 0 Å². The summed E-state index contributed by atoms with van der Waals surface area (Å²) >= 11 is 0. The zero-order valence-corrected chi connectivity index (χ0v) is 10.1. The molecule has 0 spiro atoms. The van der Waals surface area contributed by atoms with Crippen molar-refractivity contribution in [3.8, 4) is 0 Å². The van der Waals surface area contributed by atoms with E-state index in [9.17, 15) is 0 Å². The van der Waals surface area contributed by atoms with E-state index >= 15 is 0 Å². The number of rotatable bonds is 0. The van der Waals surface area contributed by atoms with Gasteiger partial charge in [0, 0.05) is 0 Å². The molecule has 0 radical (unpaired) electrons. The van der Waals surface area contributed by atoms with Gasteiger partial charge in [-0.2, -0.15) is 0 Å². The molecule has 1 aromatic rings. The van der Waals surface area contributed by atoms with Crippen molar-refractivity contribution < 1.29 is 0 Å². The SMILES string of the molecule is CC.Cc1ccc2c(c1)C(C)C(C)C2. The number of hydrogen-bond acceptors (Lipinski definition) is 0. The van der Waals surface area contributed by atoms with E-state index in [0.29, 0.717) is 0 Å². The van der Waals surface area contributed by atoms with Crippen molar-refractivity contribution in [2.75, 3.05) is 0 Å². The molecule has 2 unspecified atom stereocenters. The molecule has 1 aliphatic carbocycles. The van der Waals surface area contributed by atoms with Crippen LogP contribution in [-0.2, 0) is 6.42 Å². The van der Waals surface area contributed by atoms with Crippen LogP contribution in [0, 0.1) is 12.8 Å². The average molecular weight is 190 g/mol. The Kier molecular flexibility index (Phi) is 3.74. The van der Waals surface area contributed by atoms with Crippen LogP contribution in [-0.4, -0.2) is 0 Å². The van der Waals surface area contributed by atoms with Gasteiger partial charge in [0.15, 0.2) is 0 Å². The molecule has 1 aromatic carbocycles. The lowest BCUT2D eigenvalue weighted by atomic mass is 9.96. The van der Waals surface area contributed by atoms with Gasteiger partial charge < -0.3 is 0 Å². The number of hydrogen-bond donors (Lipinski definition) is 0. The van der Waals surface area contributed by atoms with E-state index in [1.165, 1.54) is 12.0 Å². The molecule has 0 bridgehead atoms. The lowest BCUT2D eigenvalue weighted by Crippen LogP contribution is -1.97. The molecule has 0 aliphatic heterocycles. The maximum Gasteiger partial charge on any atom is -0.0159 e. The van der Waals surface area contributed by atoms with Gasteiger partial charge in [-0.05, 0) is 36.3 Å². The fourth-order valence-corrected chi connectivity index (χ4v) is 2.15. The van der Waals surface area contributed by atoms with Gasteiger partial charge in [-0.15, -0.1) is 0 Å². The first-order valence-electron chi connectivity index (χ1n) is 5.78. The van der Waals surface area contributed by atoms with Crippen LogP contribution in [0.25, 0.3) is 0 Å². The first kappa shape index (κ1) is 11.3. The third kappa shape index (κ3) is 2.00. The second-order valence-electron chi connectivity index (χ2n) is 4.17. The highest BCUT2D eigenvalue weighted by atomic mass is 14.3. The van der Waals surface area contributed by atoms with E-state index in [4.69, 9.17) is 0 Å². The summed E-state index contributed by atoms with van der Waals surface area (Å²) < 4.78 is 0. The van der Waals surface area contributed by atoms with Crippen molar-refractivity contribution >= 4 is 0 Å². The third-order valence-corrected chi connectivity index (χ3v) is 3.19. The largest absolute Gasteiger partial charge is 0.0683 e. The van der Waals surface area contributed by atoms with Crippen molar-refractivity contribution in [2.24, 2.45) is 5.92 Å². The molecule has 0 N–H and O–H groups in total. The maximum atomic E-state index is 2.35. The quantitative estimate of drug-likeness (QED) is 0.571. The topological polar surface area (TPSA) is 0 Å². The lowest BCUT2D eigenvalue weighted by Gasteiger charge is -2.09. The smallest absolute Gasteiger partial charge is 0.0159 e. The van der Waals surface area contributed by atoms with Crippen LogP contribution in [0.2, 0.25) is 0 Å². The molecule has 2 atom stereocenters. The van der Waals surface area contributed by atoms with Crippen molar-refractivity contribution in [3.05, 3.63) is 34.9 Å². The average Bonchev–Trinajstić information content (AvgIpc) is 2.48. The van der Waals surface area contributed by atoms with Gasteiger partial charge in [-0.25, -0.2) is 0 Å². The van der Waals surface area contributed by atoms with Crippen molar-refractivity contribution in [3.63, 3.8) is 0 Å². The molecular formula is C14H22. The van der Waals surface area contributed by atoms with Crippen molar-refractivity contribution in [1.82, 2.24) is 0 Å². The molecule has 14 heavy (non-hydrogen) atoms. The highest BCUT2D eigenvalue weighted by Gasteiger charge is 2.24. The summed E-state index contributed by atoms with van der Waals surface area (Å²) in [6, 6.07) is 6.87. The monoisotopic (exact) mass is 190 g/mol. The summed E-state index contributed by atoms with van der Waals surface area (Å²) in [6.07, 6.45) is 1.27. The first-order chi connectivity index (χ1) is 6.68. The second-order valence-corrected chi connectivity index (χ2v) is 4.17. The van der Waals surface area contributed by atoms with Crippen LogP contribution < -0.4 is 0 Å². The molecule has 0 saturated heterocycles. The van der Waals surface area contributed by atoms with Crippen LogP contribution >= 0.6 is 0 Å². The van der Waals surface area contributed by atoms with Crippen LogP contribution in [0.5, 0.6) is 0 Å². The van der Waals surface area contributed by atoms with E-state index in [-0.39, 0.29) is 0 Å². The molecule has 0 heterocycles. The van der Waals surface area contributed by atoms with Crippen LogP contribution in [0.15, 0.2) is 18.2 Å². The van der Waals surface area contributed by atoms with Gasteiger partial charge in [-0.3, -0.25) is 0 Å². The van der Waals surface area contributed by atoms with Crippen molar-refractivity contribution in [2.45, 2.75) is 47.0 Å². The predicted molar refractivity (Wildman–Crippen MR) is 63.8 cm³/mol. The Bertz CT molecular complexity index is 299. The van der Waals surface area contributed by atoms with E-state index in [1.54, 1.807) is 11.1 Å². The van der Waals surface area contributed by atoms with E-state index < -0.39 is 0 Å². The molecule has 0 fully saturated rings. The zero-order chi connectivity index (χ0) is 10.7. The highest BCUT2D eigenvalue weighted by molar-refractivity contribution is 5.38. The number of benzene rings is 1. The lowest BCUT2D eigenvalue weighted by molar-refractivity contribution is 0.532. The molecule has 0 heteroatoms. The van der Waals surface area contributed by atoms with Gasteiger partial charge in [0.05, 0.1) is 0 Å². The van der Waals surface area contributed by atoms with Crippen LogP contribution in [0.4, 0.5) is 0 Å². The third-order valence-electron chi connectivity index (χ3n) is 3.19. The Balaban J connectivity index is 0.000000461. The number of aryl methyl sites for hydroxylation is 1. The summed E-state index contributed by atoms with van der Waals surface area (Å²) in [5, 5.41) is 0. The minimum Gasteiger partial charge on any atom is -0.0683 e. The van der Waals surface area contributed by atoms with Gasteiger partial charge in [-0.1, -0.05) is 51.5 Å². The van der Waals surface area contributed by atoms with E-state index in [1.807, 2.05) is 13.8 Å². The van der Waals surface area contributed by atoms with E-state index in [0.717, 1.165) is 11.8 Å². The minimum absolute atomic E-state index is 0.764. The first-order valence-corrected chi connectivity index (χ1v) is 5.78. The molecule has 0 amide bonds. The minimum atomic E-state index is 0.764. The summed E-state index contributed by atoms with van der Waals surface area (Å²) in [4.78, 5) is 0. The standard InChI is InChI=1S/C12H16.C2H6/c1-8-4-5-11-7-9(2)10(3)12(11)6-8;1-2/h4-6,9-10H,7H2,1-3H3;1-2H3. The molecule has 0 aromatic heterocycles. The highest BCUT2D eigenvalue weighted by Crippen LogP contribution is 2.37. The maximum absolute atomic E-state index is 2.35. The van der Waals surface area contributed by atoms with Gasteiger partial charge in [0.2, 0.25) is 0 Å². The Morgan fingerprint density at radius 2 is 1.79 bits per heavy atom. The molecule has 0 nitrogen and oxygen atoms in total. The summed E-state index contributed by atoms with van der Waals surface area (Å²) in [6.45, 7) is 10.9. The summed E-state index contributed by atoms with van der Waals surface area (Å²) in [7, 11) is 0. The number of fused-ring (bicyclic) bond motifs is 1. The predicted octanol–water partition coefficient (Wildman–Crippen LogP) is 4.32. The van der Waals surface area contributed by atoms with Crippen LogP contribution in [0.1, 0.15) is 50.3 Å². The Morgan fingerprint density at radius 3 is 2.43 bits per heavy atom. The van der Waals surface area contributed by atoms with Gasteiger partial charge >= 0.3 is 0 Å². The summed E-state index contributed by atoms with van der Waals surface area (Å²) in [5.41, 5.74) is 4.55. The van der Waals surface area contributed by atoms with E-state index in [2.05, 4.69) is 39.0 Å². The molecular weight excluding hydrogens is 168 g/mol. The Morgan fingerprint density at radius 1 is 1.14 bits per heavy atom. The zero-order valence-electron chi connectivity index (χ0n) is 10.1. The molecule has 0 saturated carbocycles. The summed E-state index contributed by atoms with van der Waals surface area (Å²) in [5.74, 6) is 1.60. The van der Waals surface area contributed by atoms with Crippen LogP contribution in [0.3, 0.4) is 0 Å². The molecule has 1 aliphatic rings. The fraction of sp³-hybridized carbons (Fsp3) is 0.571. The normalized spacial score (nSPS) is 23.8. The molecule has 78 valence electrons. The fourth-order valence-electron chi connectivity index (χ4n) is 2.15. The molecule has 2 rings (SSSR count). The Hall–Kier alpha value is -0.780. The Labute approximate surface area is 88.4 Å². The van der Waals surface area contributed by atoms with Gasteiger partial charge in [0.1, 0.15) is 0 Å². The van der Waals surface area contributed by atoms with Crippen molar-refractivity contribution in [1.29, 1.82) is 0 Å². The second kappa shape index (κ2) is 4.63.